The van der Waals surface area contributed by atoms with Crippen LogP contribution in [0, 0.1) is 0 Å². The highest BCUT2D eigenvalue weighted by Gasteiger charge is 2.38. The minimum atomic E-state index is -0.0555. The minimum absolute atomic E-state index is 0.0555. The van der Waals surface area contributed by atoms with Crippen LogP contribution in [0.3, 0.4) is 0 Å². The molecule has 5 nitrogen and oxygen atoms in total. The Hall–Kier alpha value is -1.69. The molecule has 0 aromatic heterocycles. The summed E-state index contributed by atoms with van der Waals surface area (Å²) in [5.74, 6) is 2.13. The summed E-state index contributed by atoms with van der Waals surface area (Å²) in [7, 11) is 1.66. The molecule has 1 heterocycles. The number of aliphatic imine (C=N–C) groups is 1. The molecule has 2 aliphatic rings. The average Bonchev–Trinajstić information content (AvgIpc) is 2.71. The van der Waals surface area contributed by atoms with E-state index in [1.165, 1.54) is 37.9 Å². The maximum absolute atomic E-state index is 11.9. The number of carbonyl (C=O) groups excluding carboxylic acids is 1. The van der Waals surface area contributed by atoms with Gasteiger partial charge in [0, 0.05) is 42.7 Å². The quantitative estimate of drug-likeness (QED) is 0.614. The van der Waals surface area contributed by atoms with Gasteiger partial charge in [0.2, 0.25) is 0 Å². The van der Waals surface area contributed by atoms with Gasteiger partial charge in [0.25, 0.3) is 5.91 Å². The lowest BCUT2D eigenvalue weighted by atomic mass is 9.87. The highest BCUT2D eigenvalue weighted by Crippen LogP contribution is 2.42. The van der Waals surface area contributed by atoms with E-state index in [-0.39, 0.29) is 5.91 Å². The number of nitrogens with zero attached hydrogens (tertiary/aromatic N) is 2. The number of hydrogen-bond donors (Lipinski definition) is 2. The molecule has 1 aliphatic carbocycles. The first-order valence-corrected chi connectivity index (χ1v) is 11.1. The van der Waals surface area contributed by atoms with Crippen LogP contribution >= 0.6 is 11.8 Å². The van der Waals surface area contributed by atoms with Crippen LogP contribution in [0.5, 0.6) is 0 Å². The predicted octanol–water partition coefficient (Wildman–Crippen LogP) is 3.26. The number of rotatable bonds is 4. The topological polar surface area (TPSA) is 56.7 Å². The van der Waals surface area contributed by atoms with Crippen molar-refractivity contribution in [1.82, 2.24) is 15.5 Å². The van der Waals surface area contributed by atoms with Crippen LogP contribution in [0.1, 0.15) is 54.9 Å². The van der Waals surface area contributed by atoms with Crippen molar-refractivity contribution in [3.8, 4) is 0 Å². The zero-order valence-electron chi connectivity index (χ0n) is 16.6. The normalized spacial score (nSPS) is 19.8. The van der Waals surface area contributed by atoms with E-state index < -0.39 is 0 Å². The summed E-state index contributed by atoms with van der Waals surface area (Å²) >= 11 is 2.18. The second kappa shape index (κ2) is 9.49. The maximum Gasteiger partial charge on any atom is 0.251 e. The first-order chi connectivity index (χ1) is 13.2. The molecule has 3 rings (SSSR count). The molecule has 0 unspecified atom stereocenters. The van der Waals surface area contributed by atoms with Gasteiger partial charge < -0.3 is 15.5 Å². The van der Waals surface area contributed by atoms with Crippen LogP contribution in [0.4, 0.5) is 0 Å². The molecule has 1 saturated heterocycles. The lowest BCUT2D eigenvalue weighted by Gasteiger charge is -2.45. The summed E-state index contributed by atoms with van der Waals surface area (Å²) in [5, 5.41) is 6.16. The fraction of sp³-hybridized carbons (Fsp3) is 0.619. The summed E-state index contributed by atoms with van der Waals surface area (Å²) in [6, 6.07) is 7.73. The Labute approximate surface area is 167 Å². The summed E-state index contributed by atoms with van der Waals surface area (Å²) < 4.78 is 0.422. The molecular formula is C21H32N4OS. The van der Waals surface area contributed by atoms with Gasteiger partial charge in [0.1, 0.15) is 0 Å². The molecular weight excluding hydrogens is 356 g/mol. The van der Waals surface area contributed by atoms with Crippen molar-refractivity contribution in [2.24, 2.45) is 4.99 Å². The van der Waals surface area contributed by atoms with Gasteiger partial charge in [-0.1, -0.05) is 31.4 Å². The van der Waals surface area contributed by atoms with Gasteiger partial charge in [-0.2, -0.15) is 11.8 Å². The van der Waals surface area contributed by atoms with E-state index in [1.54, 1.807) is 7.05 Å². The van der Waals surface area contributed by atoms with Gasteiger partial charge >= 0.3 is 0 Å². The lowest BCUT2D eigenvalue weighted by molar-refractivity contribution is 0.0963. The van der Waals surface area contributed by atoms with Crippen molar-refractivity contribution >= 4 is 23.6 Å². The van der Waals surface area contributed by atoms with Crippen molar-refractivity contribution in [2.45, 2.75) is 50.3 Å². The largest absolute Gasteiger partial charge is 0.357 e. The van der Waals surface area contributed by atoms with Gasteiger partial charge in [-0.05, 0) is 37.5 Å². The predicted molar refractivity (Wildman–Crippen MR) is 114 cm³/mol. The molecule has 6 heteroatoms. The first-order valence-electron chi connectivity index (χ1n) is 10.1. The Kier molecular flexibility index (Phi) is 7.05. The number of nitrogens with one attached hydrogen (secondary N) is 2. The smallest absolute Gasteiger partial charge is 0.251 e. The molecule has 1 amide bonds. The van der Waals surface area contributed by atoms with Gasteiger partial charge in [-0.15, -0.1) is 0 Å². The number of thioether (sulfide) groups is 1. The monoisotopic (exact) mass is 388 g/mol. The van der Waals surface area contributed by atoms with Crippen LogP contribution in [0.15, 0.2) is 29.3 Å². The Morgan fingerprint density at radius 1 is 1.30 bits per heavy atom. The van der Waals surface area contributed by atoms with Gasteiger partial charge in [-0.3, -0.25) is 4.79 Å². The highest BCUT2D eigenvalue weighted by atomic mass is 32.2. The van der Waals surface area contributed by atoms with Gasteiger partial charge in [-0.25, -0.2) is 4.99 Å². The van der Waals surface area contributed by atoms with Gasteiger partial charge in [0.05, 0.1) is 6.54 Å². The zero-order chi connectivity index (χ0) is 19.1. The Morgan fingerprint density at radius 3 is 2.85 bits per heavy atom. The van der Waals surface area contributed by atoms with Crippen LogP contribution in [0.25, 0.3) is 0 Å². The Bertz CT molecular complexity index is 664. The van der Waals surface area contributed by atoms with Crippen molar-refractivity contribution in [1.29, 1.82) is 0 Å². The van der Waals surface area contributed by atoms with E-state index in [0.29, 0.717) is 16.9 Å². The molecule has 1 spiro atoms. The second-order valence-electron chi connectivity index (χ2n) is 7.46. The van der Waals surface area contributed by atoms with Crippen LogP contribution < -0.4 is 10.6 Å². The van der Waals surface area contributed by atoms with E-state index in [1.807, 2.05) is 24.3 Å². The van der Waals surface area contributed by atoms with E-state index in [0.717, 1.165) is 31.2 Å². The van der Waals surface area contributed by atoms with Crippen LogP contribution in [-0.2, 0) is 6.54 Å². The SMILES string of the molecule is CCNC(=NCc1cccc(C(=O)NC)c1)N1CCSC2(CCCCC2)C1. The number of guanidine groups is 1. The minimum Gasteiger partial charge on any atom is -0.357 e. The molecule has 27 heavy (non-hydrogen) atoms. The van der Waals surface area contributed by atoms with Crippen molar-refractivity contribution in [2.75, 3.05) is 32.4 Å². The summed E-state index contributed by atoms with van der Waals surface area (Å²) in [6.07, 6.45) is 6.78. The Morgan fingerprint density at radius 2 is 2.11 bits per heavy atom. The van der Waals surface area contributed by atoms with E-state index in [4.69, 9.17) is 4.99 Å². The summed E-state index contributed by atoms with van der Waals surface area (Å²) in [4.78, 5) is 19.2. The van der Waals surface area contributed by atoms with Crippen LogP contribution in [0.2, 0.25) is 0 Å². The fourth-order valence-corrected chi connectivity index (χ4v) is 5.64. The maximum atomic E-state index is 11.9. The van der Waals surface area contributed by atoms with Crippen molar-refractivity contribution < 1.29 is 4.79 Å². The standard InChI is InChI=1S/C21H32N4OS/c1-3-23-20(24-15-17-8-7-9-18(14-17)19(26)22-2)25-12-13-27-21(16-25)10-5-4-6-11-21/h7-9,14H,3-6,10-13,15-16H2,1-2H3,(H,22,26)(H,23,24). The molecule has 1 saturated carbocycles. The molecule has 0 radical (unpaired) electrons. The fourth-order valence-electron chi connectivity index (χ4n) is 4.07. The highest BCUT2D eigenvalue weighted by molar-refractivity contribution is 8.00. The first kappa shape index (κ1) is 20.1. The number of hydrogen-bond acceptors (Lipinski definition) is 3. The Balaban J connectivity index is 1.72. The van der Waals surface area contributed by atoms with E-state index in [9.17, 15) is 4.79 Å². The molecule has 148 valence electrons. The summed E-state index contributed by atoms with van der Waals surface area (Å²) in [5.41, 5.74) is 1.75. The zero-order valence-corrected chi connectivity index (χ0v) is 17.4. The molecule has 1 aliphatic heterocycles. The van der Waals surface area contributed by atoms with Crippen molar-refractivity contribution in [3.63, 3.8) is 0 Å². The third kappa shape index (κ3) is 5.18. The van der Waals surface area contributed by atoms with Crippen molar-refractivity contribution in [3.05, 3.63) is 35.4 Å². The third-order valence-electron chi connectivity index (χ3n) is 5.48. The average molecular weight is 389 g/mol. The van der Waals surface area contributed by atoms with Gasteiger partial charge in [0.15, 0.2) is 5.96 Å². The second-order valence-corrected chi connectivity index (χ2v) is 9.03. The molecule has 0 bridgehead atoms. The molecule has 0 atom stereocenters. The number of carbonyl (C=O) groups is 1. The molecule has 1 aromatic carbocycles. The molecule has 1 aromatic rings. The van der Waals surface area contributed by atoms with Crippen LogP contribution in [-0.4, -0.2) is 53.9 Å². The number of benzene rings is 1. The third-order valence-corrected chi connectivity index (χ3v) is 7.01. The molecule has 2 fully saturated rings. The van der Waals surface area contributed by atoms with E-state index in [2.05, 4.69) is 34.2 Å². The lowest BCUT2D eigenvalue weighted by Crippen LogP contribution is -2.53. The number of amides is 1. The summed E-state index contributed by atoms with van der Waals surface area (Å²) in [6.45, 7) is 5.73. The molecule has 2 N–H and O–H groups in total. The van der Waals surface area contributed by atoms with E-state index >= 15 is 0 Å².